The lowest BCUT2D eigenvalue weighted by atomic mass is 9.89. The third kappa shape index (κ3) is 2.48. The van der Waals surface area contributed by atoms with E-state index in [4.69, 9.17) is 12.2 Å². The monoisotopic (exact) mass is 346 g/mol. The van der Waals surface area contributed by atoms with E-state index in [2.05, 4.69) is 17.0 Å². The number of rotatable bonds is 2. The molecule has 0 amide bonds. The Balaban J connectivity index is 1.89. The van der Waals surface area contributed by atoms with Crippen LogP contribution < -0.4 is 5.56 Å². The average molecular weight is 346 g/mol. The van der Waals surface area contributed by atoms with Gasteiger partial charge in [0.15, 0.2) is 4.77 Å². The molecule has 1 aliphatic carbocycles. The number of aryl methyl sites for hydroxylation is 2. The number of hydrogen-bond donors (Lipinski definition) is 1. The molecule has 0 spiro atoms. The molecule has 5 nitrogen and oxygen atoms in total. The highest BCUT2D eigenvalue weighted by molar-refractivity contribution is 7.71. The lowest BCUT2D eigenvalue weighted by Gasteiger charge is -2.17. The molecule has 0 saturated heterocycles. The lowest BCUT2D eigenvalue weighted by molar-refractivity contribution is 0.509. The van der Waals surface area contributed by atoms with Gasteiger partial charge < -0.3 is 4.98 Å². The second-order valence-electron chi connectivity index (χ2n) is 6.40. The van der Waals surface area contributed by atoms with Crippen LogP contribution in [0, 0.1) is 10.7 Å². The molecule has 0 fully saturated rings. The van der Waals surface area contributed by atoms with Gasteiger partial charge in [-0.15, -0.1) is 11.3 Å². The molecule has 3 aromatic rings. The molecule has 0 saturated carbocycles. The summed E-state index contributed by atoms with van der Waals surface area (Å²) >= 11 is 7.12. The first-order chi connectivity index (χ1) is 11.0. The zero-order chi connectivity index (χ0) is 16.1. The van der Waals surface area contributed by atoms with Gasteiger partial charge in [0.2, 0.25) is 0 Å². The van der Waals surface area contributed by atoms with E-state index in [0.717, 1.165) is 35.0 Å². The molecule has 3 heterocycles. The van der Waals surface area contributed by atoms with Gasteiger partial charge in [0.25, 0.3) is 5.56 Å². The highest BCUT2D eigenvalue weighted by Crippen LogP contribution is 2.35. The third-order valence-electron chi connectivity index (χ3n) is 4.54. The van der Waals surface area contributed by atoms with E-state index in [1.165, 1.54) is 10.4 Å². The zero-order valence-electron chi connectivity index (χ0n) is 13.1. The maximum Gasteiger partial charge on any atom is 0.263 e. The summed E-state index contributed by atoms with van der Waals surface area (Å²) in [5, 5.41) is 5.00. The summed E-state index contributed by atoms with van der Waals surface area (Å²) < 4.78 is 3.87. The number of H-pyrrole nitrogens is 1. The molecule has 7 heteroatoms. The Morgan fingerprint density at radius 2 is 2.35 bits per heavy atom. The number of aromatic amines is 1. The molecule has 23 heavy (non-hydrogen) atoms. The van der Waals surface area contributed by atoms with Crippen LogP contribution in [0.25, 0.3) is 10.2 Å². The Bertz CT molecular complexity index is 1010. The van der Waals surface area contributed by atoms with Crippen LogP contribution in [0.15, 0.2) is 17.2 Å². The van der Waals surface area contributed by atoms with E-state index in [0.29, 0.717) is 17.2 Å². The normalized spacial score (nSPS) is 17.6. The second-order valence-corrected chi connectivity index (χ2v) is 7.89. The fourth-order valence-electron chi connectivity index (χ4n) is 3.34. The van der Waals surface area contributed by atoms with Gasteiger partial charge in [-0.05, 0) is 43.0 Å². The largest absolute Gasteiger partial charge is 0.323 e. The molecule has 120 valence electrons. The van der Waals surface area contributed by atoms with Crippen molar-refractivity contribution in [2.45, 2.75) is 32.7 Å². The Morgan fingerprint density at radius 1 is 1.52 bits per heavy atom. The molecule has 0 bridgehead atoms. The van der Waals surface area contributed by atoms with E-state index >= 15 is 0 Å². The van der Waals surface area contributed by atoms with Crippen molar-refractivity contribution in [2.24, 2.45) is 13.0 Å². The number of nitrogens with one attached hydrogen (secondary N) is 1. The van der Waals surface area contributed by atoms with Gasteiger partial charge in [0.05, 0.1) is 18.1 Å². The summed E-state index contributed by atoms with van der Waals surface area (Å²) in [6.07, 6.45) is 6.89. The van der Waals surface area contributed by atoms with Gasteiger partial charge >= 0.3 is 0 Å². The lowest BCUT2D eigenvalue weighted by Crippen LogP contribution is -2.23. The molecule has 1 atom stereocenters. The Labute approximate surface area is 142 Å². The van der Waals surface area contributed by atoms with E-state index in [-0.39, 0.29) is 5.56 Å². The third-order valence-corrected chi connectivity index (χ3v) is 6.03. The topological polar surface area (TPSA) is 55.6 Å². The van der Waals surface area contributed by atoms with E-state index in [1.807, 2.05) is 13.2 Å². The molecule has 0 radical (unpaired) electrons. The van der Waals surface area contributed by atoms with Crippen molar-refractivity contribution in [2.75, 3.05) is 0 Å². The minimum absolute atomic E-state index is 0.0275. The minimum Gasteiger partial charge on any atom is -0.323 e. The van der Waals surface area contributed by atoms with Crippen LogP contribution in [0.1, 0.15) is 29.3 Å². The van der Waals surface area contributed by atoms with Crippen LogP contribution in [0.5, 0.6) is 0 Å². The van der Waals surface area contributed by atoms with Crippen molar-refractivity contribution in [3.05, 3.63) is 43.5 Å². The summed E-state index contributed by atoms with van der Waals surface area (Å²) in [5.41, 5.74) is 2.24. The Morgan fingerprint density at radius 3 is 3.09 bits per heavy atom. The molecular formula is C16H18N4OS2. The van der Waals surface area contributed by atoms with Gasteiger partial charge in [-0.2, -0.15) is 5.10 Å². The number of fused-ring (bicyclic) bond motifs is 3. The first-order valence-corrected chi connectivity index (χ1v) is 9.00. The molecular weight excluding hydrogens is 328 g/mol. The van der Waals surface area contributed by atoms with Crippen LogP contribution >= 0.6 is 23.6 Å². The van der Waals surface area contributed by atoms with E-state index < -0.39 is 0 Å². The first kappa shape index (κ1) is 14.8. The van der Waals surface area contributed by atoms with E-state index in [9.17, 15) is 4.79 Å². The van der Waals surface area contributed by atoms with Crippen molar-refractivity contribution < 1.29 is 0 Å². The SMILES string of the molecule is C[C@@H]1CCc2c(sc3[nH]c(=S)n(Cc4cnn(C)c4)c(=O)c23)C1. The quantitative estimate of drug-likeness (QED) is 0.726. The summed E-state index contributed by atoms with van der Waals surface area (Å²) in [6.45, 7) is 2.73. The van der Waals surface area contributed by atoms with Crippen molar-refractivity contribution >= 4 is 33.8 Å². The molecule has 1 aliphatic rings. The Hall–Kier alpha value is -1.73. The van der Waals surface area contributed by atoms with E-state index in [1.54, 1.807) is 26.8 Å². The number of nitrogens with zero attached hydrogens (tertiary/aromatic N) is 3. The molecule has 0 unspecified atom stereocenters. The average Bonchev–Trinajstić information content (AvgIpc) is 3.06. The first-order valence-electron chi connectivity index (χ1n) is 7.78. The van der Waals surface area contributed by atoms with Crippen molar-refractivity contribution in [3.63, 3.8) is 0 Å². The maximum atomic E-state index is 13.0. The van der Waals surface area contributed by atoms with Gasteiger partial charge in [-0.3, -0.25) is 14.0 Å². The minimum atomic E-state index is 0.0275. The van der Waals surface area contributed by atoms with Crippen LogP contribution in [0.4, 0.5) is 0 Å². The second kappa shape index (κ2) is 5.42. The van der Waals surface area contributed by atoms with Crippen molar-refractivity contribution in [3.8, 4) is 0 Å². The van der Waals surface area contributed by atoms with Crippen LogP contribution in [0.3, 0.4) is 0 Å². The predicted octanol–water partition coefficient (Wildman–Crippen LogP) is 3.03. The molecule has 0 aliphatic heterocycles. The molecule has 3 aromatic heterocycles. The predicted molar refractivity (Wildman–Crippen MR) is 94.8 cm³/mol. The fourth-order valence-corrected chi connectivity index (χ4v) is 5.05. The fraction of sp³-hybridized carbons (Fsp3) is 0.438. The van der Waals surface area contributed by atoms with Gasteiger partial charge in [-0.25, -0.2) is 0 Å². The summed E-state index contributed by atoms with van der Waals surface area (Å²) in [4.78, 5) is 18.6. The summed E-state index contributed by atoms with van der Waals surface area (Å²) in [5.74, 6) is 0.691. The van der Waals surface area contributed by atoms with Gasteiger partial charge in [-0.1, -0.05) is 6.92 Å². The van der Waals surface area contributed by atoms with Gasteiger partial charge in [0, 0.05) is 23.7 Å². The number of aromatic nitrogens is 4. The molecule has 4 rings (SSSR count). The highest BCUT2D eigenvalue weighted by Gasteiger charge is 2.23. The summed E-state index contributed by atoms with van der Waals surface area (Å²) in [7, 11) is 1.87. The highest BCUT2D eigenvalue weighted by atomic mass is 32.1. The zero-order valence-corrected chi connectivity index (χ0v) is 14.8. The van der Waals surface area contributed by atoms with Crippen molar-refractivity contribution in [1.29, 1.82) is 0 Å². The number of hydrogen-bond acceptors (Lipinski definition) is 4. The maximum absolute atomic E-state index is 13.0. The molecule has 0 aromatic carbocycles. The van der Waals surface area contributed by atoms with Crippen LogP contribution in [0.2, 0.25) is 0 Å². The summed E-state index contributed by atoms with van der Waals surface area (Å²) in [6, 6.07) is 0. The van der Waals surface area contributed by atoms with Crippen molar-refractivity contribution in [1.82, 2.24) is 19.3 Å². The standard InChI is InChI=1S/C16H18N4OS2/c1-9-3-4-11-12(5-9)23-14-13(11)15(21)20(16(22)18-14)8-10-6-17-19(2)7-10/h6-7,9H,3-5,8H2,1-2H3,(H,18,22)/t9-/m1/s1. The number of thiophene rings is 1. The smallest absolute Gasteiger partial charge is 0.263 e. The van der Waals surface area contributed by atoms with Crippen LogP contribution in [-0.2, 0) is 26.4 Å². The molecule has 1 N–H and O–H groups in total. The van der Waals surface area contributed by atoms with Gasteiger partial charge in [0.1, 0.15) is 4.83 Å². The Kier molecular flexibility index (Phi) is 3.50. The van der Waals surface area contributed by atoms with Crippen LogP contribution in [-0.4, -0.2) is 19.3 Å².